The Labute approximate surface area is 176 Å². The van der Waals surface area contributed by atoms with E-state index in [-0.39, 0.29) is 18.6 Å². The van der Waals surface area contributed by atoms with E-state index in [0.29, 0.717) is 0 Å². The van der Waals surface area contributed by atoms with Gasteiger partial charge in [0.2, 0.25) is 5.91 Å². The number of fused-ring (bicyclic) bond motifs is 1. The van der Waals surface area contributed by atoms with E-state index in [1.165, 1.54) is 28.8 Å². The van der Waals surface area contributed by atoms with E-state index < -0.39 is 0 Å². The minimum absolute atomic E-state index is 0.0163. The lowest BCUT2D eigenvalue weighted by molar-refractivity contribution is -0.114. The van der Waals surface area contributed by atoms with Crippen molar-refractivity contribution in [1.82, 2.24) is 14.8 Å². The normalized spacial score (nSPS) is 19.0. The maximum Gasteiger partial charge on any atom is 0.221 e. The Morgan fingerprint density at radius 1 is 1.24 bits per heavy atom. The fourth-order valence-electron chi connectivity index (χ4n) is 4.57. The quantitative estimate of drug-likeness (QED) is 0.761. The van der Waals surface area contributed by atoms with Crippen molar-refractivity contribution >= 4 is 22.2 Å². The van der Waals surface area contributed by atoms with Gasteiger partial charge in [-0.1, -0.05) is 6.07 Å². The Balaban J connectivity index is 1.74. The van der Waals surface area contributed by atoms with Crippen LogP contribution in [0.25, 0.3) is 0 Å². The second-order valence-electron chi connectivity index (χ2n) is 7.89. The van der Waals surface area contributed by atoms with Gasteiger partial charge in [-0.25, -0.2) is 0 Å². The van der Waals surface area contributed by atoms with E-state index in [2.05, 4.69) is 21.2 Å². The van der Waals surface area contributed by atoms with Crippen molar-refractivity contribution in [3.05, 3.63) is 46.1 Å². The zero-order valence-corrected chi connectivity index (χ0v) is 17.9. The summed E-state index contributed by atoms with van der Waals surface area (Å²) in [7, 11) is 0. The molecule has 1 fully saturated rings. The summed E-state index contributed by atoms with van der Waals surface area (Å²) >= 11 is 1.76. The largest absolute Gasteiger partial charge is 0.395 e. The smallest absolute Gasteiger partial charge is 0.221 e. The Morgan fingerprint density at radius 2 is 2.03 bits per heavy atom. The molecular weight excluding hydrogens is 384 g/mol. The maximum absolute atomic E-state index is 12.0. The molecule has 4 rings (SSSR count). The van der Waals surface area contributed by atoms with Crippen LogP contribution in [-0.2, 0) is 17.6 Å². The number of β-amino-alcohol motifs (C(OH)–C–C–N with tert-alkyl or cyclic N) is 1. The zero-order valence-electron chi connectivity index (χ0n) is 17.1. The van der Waals surface area contributed by atoms with Crippen molar-refractivity contribution in [2.45, 2.75) is 38.6 Å². The number of nitrogens with one attached hydrogen (secondary N) is 1. The van der Waals surface area contributed by atoms with Crippen LogP contribution in [0.4, 0.5) is 5.00 Å². The number of thiophene rings is 1. The van der Waals surface area contributed by atoms with Gasteiger partial charge in [-0.05, 0) is 43.4 Å². The number of aryl methyl sites for hydroxylation is 1. The number of amides is 1. The molecule has 1 atom stereocenters. The van der Waals surface area contributed by atoms with E-state index >= 15 is 0 Å². The van der Waals surface area contributed by atoms with Gasteiger partial charge in [-0.15, -0.1) is 11.3 Å². The molecule has 2 aromatic rings. The third-order valence-corrected chi connectivity index (χ3v) is 7.15. The Bertz CT molecular complexity index is 831. The number of aliphatic hydroxyl groups is 1. The van der Waals surface area contributed by atoms with Crippen molar-refractivity contribution in [1.29, 1.82) is 0 Å². The molecule has 1 saturated heterocycles. The molecule has 0 radical (unpaired) electrons. The number of nitrogens with zero attached hydrogens (tertiary/aromatic N) is 3. The lowest BCUT2D eigenvalue weighted by Crippen LogP contribution is -2.48. The number of hydrogen-bond donors (Lipinski definition) is 2. The maximum atomic E-state index is 12.0. The van der Waals surface area contributed by atoms with Crippen LogP contribution in [0.5, 0.6) is 0 Å². The minimum Gasteiger partial charge on any atom is -0.395 e. The number of aliphatic hydroxyl groups excluding tert-OH is 1. The highest BCUT2D eigenvalue weighted by molar-refractivity contribution is 7.16. The number of piperazine rings is 1. The number of carbonyl (C=O) groups is 1. The first-order valence-electron chi connectivity index (χ1n) is 10.6. The number of hydrogen-bond acceptors (Lipinski definition) is 6. The monoisotopic (exact) mass is 414 g/mol. The van der Waals surface area contributed by atoms with E-state index in [0.717, 1.165) is 56.3 Å². The summed E-state index contributed by atoms with van der Waals surface area (Å²) in [5, 5.41) is 13.4. The van der Waals surface area contributed by atoms with Crippen molar-refractivity contribution in [3.63, 3.8) is 0 Å². The zero-order chi connectivity index (χ0) is 20.2. The Kier molecular flexibility index (Phi) is 6.60. The molecule has 1 aliphatic carbocycles. The highest BCUT2D eigenvalue weighted by atomic mass is 32.1. The summed E-state index contributed by atoms with van der Waals surface area (Å²) in [6.45, 7) is 6.24. The highest BCUT2D eigenvalue weighted by Gasteiger charge is 2.34. The molecule has 3 heterocycles. The number of rotatable bonds is 6. The lowest BCUT2D eigenvalue weighted by atomic mass is 9.90. The number of aromatic nitrogens is 1. The van der Waals surface area contributed by atoms with Gasteiger partial charge in [-0.2, -0.15) is 0 Å². The van der Waals surface area contributed by atoms with E-state index in [4.69, 9.17) is 4.98 Å². The molecule has 156 valence electrons. The number of anilines is 1. The summed E-state index contributed by atoms with van der Waals surface area (Å²) in [5.41, 5.74) is 3.73. The van der Waals surface area contributed by atoms with Crippen molar-refractivity contribution in [3.8, 4) is 0 Å². The molecule has 2 N–H and O–H groups in total. The van der Waals surface area contributed by atoms with Crippen LogP contribution < -0.4 is 5.32 Å². The predicted octanol–water partition coefficient (Wildman–Crippen LogP) is 2.68. The summed E-state index contributed by atoms with van der Waals surface area (Å²) in [4.78, 5) is 22.9. The molecule has 0 aromatic carbocycles. The van der Waals surface area contributed by atoms with Crippen LogP contribution in [0.2, 0.25) is 0 Å². The highest BCUT2D eigenvalue weighted by Crippen LogP contribution is 2.45. The molecule has 2 aromatic heterocycles. The summed E-state index contributed by atoms with van der Waals surface area (Å²) in [5.74, 6) is -0.0163. The fraction of sp³-hybridized carbons (Fsp3) is 0.545. The third kappa shape index (κ3) is 4.53. The van der Waals surface area contributed by atoms with Crippen LogP contribution in [-0.4, -0.2) is 65.1 Å². The van der Waals surface area contributed by atoms with Crippen LogP contribution in [0.3, 0.4) is 0 Å². The first-order chi connectivity index (χ1) is 14.2. The average molecular weight is 415 g/mol. The molecule has 2 aliphatic rings. The summed E-state index contributed by atoms with van der Waals surface area (Å²) in [6, 6.07) is 6.16. The van der Waals surface area contributed by atoms with E-state index in [9.17, 15) is 9.90 Å². The van der Waals surface area contributed by atoms with Gasteiger partial charge in [0.1, 0.15) is 5.00 Å². The predicted molar refractivity (Wildman–Crippen MR) is 116 cm³/mol. The van der Waals surface area contributed by atoms with Crippen LogP contribution in [0, 0.1) is 0 Å². The minimum atomic E-state index is -0.0163. The molecule has 1 unspecified atom stereocenters. The third-order valence-electron chi connectivity index (χ3n) is 5.93. The fourth-order valence-corrected chi connectivity index (χ4v) is 5.94. The van der Waals surface area contributed by atoms with Crippen molar-refractivity contribution in [2.75, 3.05) is 44.6 Å². The van der Waals surface area contributed by atoms with Gasteiger partial charge >= 0.3 is 0 Å². The van der Waals surface area contributed by atoms with Gasteiger partial charge in [-0.3, -0.25) is 19.6 Å². The van der Waals surface area contributed by atoms with Gasteiger partial charge in [0.25, 0.3) is 0 Å². The summed E-state index contributed by atoms with van der Waals surface area (Å²) in [6.07, 6.45) is 6.47. The molecule has 1 aliphatic heterocycles. The van der Waals surface area contributed by atoms with Crippen molar-refractivity contribution in [2.24, 2.45) is 0 Å². The summed E-state index contributed by atoms with van der Waals surface area (Å²) < 4.78 is 0. The van der Waals surface area contributed by atoms with Gasteiger partial charge in [0.15, 0.2) is 0 Å². The van der Waals surface area contributed by atoms with Gasteiger partial charge in [0.05, 0.1) is 18.3 Å². The molecule has 0 saturated carbocycles. The number of pyridine rings is 1. The topological polar surface area (TPSA) is 68.7 Å². The molecule has 7 heteroatoms. The molecule has 0 spiro atoms. The lowest BCUT2D eigenvalue weighted by Gasteiger charge is -2.39. The second-order valence-corrected chi connectivity index (χ2v) is 9.00. The second kappa shape index (κ2) is 9.34. The first-order valence-corrected chi connectivity index (χ1v) is 11.4. The molecule has 6 nitrogen and oxygen atoms in total. The molecule has 1 amide bonds. The van der Waals surface area contributed by atoms with Crippen LogP contribution in [0.1, 0.15) is 47.5 Å². The number of carbonyl (C=O) groups excluding carboxylic acids is 1. The first kappa shape index (κ1) is 20.5. The van der Waals surface area contributed by atoms with Crippen molar-refractivity contribution < 1.29 is 9.90 Å². The molecular formula is C22H30N4O2S. The molecule has 0 bridgehead atoms. The van der Waals surface area contributed by atoms with Crippen LogP contribution >= 0.6 is 11.3 Å². The SMILES string of the molecule is CC(=O)Nc1sc2c(c1C(c1ccccn1)N1CCN(CCO)CC1)CCCC2. The average Bonchev–Trinajstić information content (AvgIpc) is 3.08. The standard InChI is InChI=1S/C22H30N4O2S/c1-16(28)24-22-20(17-6-2-3-8-19(17)29-22)21(18-7-4-5-9-23-18)26-12-10-25(11-13-26)14-15-27/h4-5,7,9,21,27H,2-3,6,8,10-15H2,1H3,(H,24,28). The van der Waals surface area contributed by atoms with E-state index in [1.54, 1.807) is 18.3 Å². The Hall–Kier alpha value is -1.80. The Morgan fingerprint density at radius 3 is 2.72 bits per heavy atom. The van der Waals surface area contributed by atoms with Gasteiger partial charge < -0.3 is 10.4 Å². The van der Waals surface area contributed by atoms with Crippen LogP contribution in [0.15, 0.2) is 24.4 Å². The van der Waals surface area contributed by atoms with Gasteiger partial charge in [0, 0.05) is 56.3 Å². The molecule has 29 heavy (non-hydrogen) atoms. The van der Waals surface area contributed by atoms with E-state index in [1.807, 2.05) is 18.3 Å².